The van der Waals surface area contributed by atoms with E-state index in [-0.39, 0.29) is 12.5 Å². The van der Waals surface area contributed by atoms with Gasteiger partial charge in [0.1, 0.15) is 12.6 Å². The molecule has 1 aliphatic heterocycles. The number of carbonyl (C=O) groups is 2. The van der Waals surface area contributed by atoms with Gasteiger partial charge < -0.3 is 19.3 Å². The van der Waals surface area contributed by atoms with Gasteiger partial charge in [0, 0.05) is 12.6 Å². The van der Waals surface area contributed by atoms with Crippen LogP contribution in [-0.4, -0.2) is 50.7 Å². The molecule has 1 saturated carbocycles. The summed E-state index contributed by atoms with van der Waals surface area (Å²) in [6.07, 6.45) is 5.24. The molecule has 0 bridgehead atoms. The summed E-state index contributed by atoms with van der Waals surface area (Å²) in [4.78, 5) is 29.4. The monoisotopic (exact) mass is 293 g/mol. The third-order valence-electron chi connectivity index (χ3n) is 3.98. The van der Waals surface area contributed by atoms with Crippen molar-refractivity contribution < 1.29 is 19.4 Å². The Morgan fingerprint density at radius 2 is 2.29 bits per heavy atom. The van der Waals surface area contributed by atoms with Gasteiger partial charge in [0.25, 0.3) is 0 Å². The minimum Gasteiger partial charge on any atom is -0.479 e. The average Bonchev–Trinajstić information content (AvgIpc) is 3.19. The molecule has 2 unspecified atom stereocenters. The lowest BCUT2D eigenvalue weighted by Gasteiger charge is -2.39. The number of hydrogen-bond donors (Lipinski definition) is 1. The minimum atomic E-state index is -1.04. The summed E-state index contributed by atoms with van der Waals surface area (Å²) in [5, 5.41) is 9.43. The van der Waals surface area contributed by atoms with E-state index in [4.69, 9.17) is 4.74 Å². The van der Waals surface area contributed by atoms with Crippen LogP contribution in [0.3, 0.4) is 0 Å². The Morgan fingerprint density at radius 3 is 2.90 bits per heavy atom. The molecule has 3 rings (SSSR count). The van der Waals surface area contributed by atoms with Crippen LogP contribution in [0.25, 0.3) is 0 Å². The number of carbonyl (C=O) groups excluding carboxylic acids is 1. The van der Waals surface area contributed by atoms with Crippen molar-refractivity contribution in [3.8, 4) is 0 Å². The van der Waals surface area contributed by atoms with Crippen molar-refractivity contribution in [2.24, 2.45) is 0 Å². The number of carboxylic acids is 1. The number of hydrogen-bond acceptors (Lipinski definition) is 4. The molecule has 2 aliphatic rings. The molecule has 114 valence electrons. The molecule has 2 fully saturated rings. The van der Waals surface area contributed by atoms with Crippen LogP contribution in [0.15, 0.2) is 12.5 Å². The van der Waals surface area contributed by atoms with E-state index in [1.807, 2.05) is 11.5 Å². The van der Waals surface area contributed by atoms with Crippen molar-refractivity contribution in [1.82, 2.24) is 14.5 Å². The van der Waals surface area contributed by atoms with Gasteiger partial charge in [-0.3, -0.25) is 4.79 Å². The van der Waals surface area contributed by atoms with Crippen molar-refractivity contribution in [2.45, 2.75) is 44.4 Å². The molecular formula is C14H19N3O4. The highest BCUT2D eigenvalue weighted by atomic mass is 16.5. The van der Waals surface area contributed by atoms with E-state index in [0.29, 0.717) is 12.6 Å². The van der Waals surface area contributed by atoms with Gasteiger partial charge in [0.2, 0.25) is 5.91 Å². The zero-order valence-electron chi connectivity index (χ0n) is 11.9. The van der Waals surface area contributed by atoms with Crippen molar-refractivity contribution in [3.63, 3.8) is 0 Å². The summed E-state index contributed by atoms with van der Waals surface area (Å²) in [5.74, 6) is -1.21. The summed E-state index contributed by atoms with van der Waals surface area (Å²) in [7, 11) is 0. The SMILES string of the molecule is CCCN1C(=O)COC(C(=O)O)C1c1cncn1C1CC1. The molecule has 2 heterocycles. The standard InChI is InChI=1S/C14H19N3O4/c1-2-5-16-11(18)7-21-13(14(19)20)12(16)10-6-15-8-17(10)9-3-4-9/h6,8-9,12-13H,2-5,7H2,1H3,(H,19,20). The second kappa shape index (κ2) is 5.48. The fraction of sp³-hybridized carbons (Fsp3) is 0.643. The lowest BCUT2D eigenvalue weighted by atomic mass is 10.0. The van der Waals surface area contributed by atoms with Crippen LogP contribution in [0, 0.1) is 0 Å². The first-order chi connectivity index (χ1) is 10.1. The third-order valence-corrected chi connectivity index (χ3v) is 3.98. The van der Waals surface area contributed by atoms with Gasteiger partial charge in [-0.1, -0.05) is 6.92 Å². The van der Waals surface area contributed by atoms with Crippen LogP contribution in [0.4, 0.5) is 0 Å². The Hall–Kier alpha value is -1.89. The van der Waals surface area contributed by atoms with Crippen LogP contribution < -0.4 is 0 Å². The molecule has 1 saturated heterocycles. The Labute approximate surface area is 122 Å². The maximum Gasteiger partial charge on any atom is 0.335 e. The van der Waals surface area contributed by atoms with E-state index in [1.165, 1.54) is 0 Å². The van der Waals surface area contributed by atoms with E-state index in [0.717, 1.165) is 25.0 Å². The first-order valence-electron chi connectivity index (χ1n) is 7.29. The highest BCUT2D eigenvalue weighted by Gasteiger charge is 2.44. The summed E-state index contributed by atoms with van der Waals surface area (Å²) < 4.78 is 7.28. The van der Waals surface area contributed by atoms with Gasteiger partial charge in [-0.05, 0) is 19.3 Å². The van der Waals surface area contributed by atoms with Gasteiger partial charge in [0.15, 0.2) is 6.10 Å². The smallest absolute Gasteiger partial charge is 0.335 e. The van der Waals surface area contributed by atoms with Crippen LogP contribution in [0.2, 0.25) is 0 Å². The quantitative estimate of drug-likeness (QED) is 0.874. The molecular weight excluding hydrogens is 274 g/mol. The number of imidazole rings is 1. The molecule has 7 heteroatoms. The molecule has 1 aliphatic carbocycles. The fourth-order valence-corrected chi connectivity index (χ4v) is 2.88. The first kappa shape index (κ1) is 14.1. The second-order valence-corrected chi connectivity index (χ2v) is 5.56. The van der Waals surface area contributed by atoms with Crippen molar-refractivity contribution >= 4 is 11.9 Å². The Bertz CT molecular complexity index is 552. The summed E-state index contributed by atoms with van der Waals surface area (Å²) in [5.41, 5.74) is 0.756. The van der Waals surface area contributed by atoms with E-state index in [2.05, 4.69) is 4.98 Å². The Kier molecular flexibility index (Phi) is 3.67. The van der Waals surface area contributed by atoms with Crippen LogP contribution in [0.5, 0.6) is 0 Å². The van der Waals surface area contributed by atoms with E-state index >= 15 is 0 Å². The van der Waals surface area contributed by atoms with Crippen molar-refractivity contribution in [3.05, 3.63) is 18.2 Å². The molecule has 21 heavy (non-hydrogen) atoms. The molecule has 1 amide bonds. The predicted octanol–water partition coefficient (Wildman–Crippen LogP) is 0.981. The molecule has 7 nitrogen and oxygen atoms in total. The molecule has 0 spiro atoms. The fourth-order valence-electron chi connectivity index (χ4n) is 2.88. The average molecular weight is 293 g/mol. The largest absolute Gasteiger partial charge is 0.479 e. The first-order valence-corrected chi connectivity index (χ1v) is 7.29. The molecule has 2 atom stereocenters. The predicted molar refractivity (Wildman–Crippen MR) is 72.6 cm³/mol. The topological polar surface area (TPSA) is 84.7 Å². The maximum absolute atomic E-state index is 12.1. The summed E-state index contributed by atoms with van der Waals surface area (Å²) in [6, 6.07) is -0.232. The number of amides is 1. The number of aliphatic carboxylic acids is 1. The third kappa shape index (κ3) is 2.53. The van der Waals surface area contributed by atoms with E-state index in [1.54, 1.807) is 17.4 Å². The van der Waals surface area contributed by atoms with Gasteiger partial charge in [-0.15, -0.1) is 0 Å². The molecule has 1 N–H and O–H groups in total. The summed E-state index contributed by atoms with van der Waals surface area (Å²) >= 11 is 0. The number of ether oxygens (including phenoxy) is 1. The van der Waals surface area contributed by atoms with E-state index in [9.17, 15) is 14.7 Å². The lowest BCUT2D eigenvalue weighted by Crippen LogP contribution is -2.52. The maximum atomic E-state index is 12.1. The highest BCUT2D eigenvalue weighted by Crippen LogP contribution is 2.39. The second-order valence-electron chi connectivity index (χ2n) is 5.56. The van der Waals surface area contributed by atoms with Crippen LogP contribution in [-0.2, 0) is 14.3 Å². The van der Waals surface area contributed by atoms with Crippen molar-refractivity contribution in [1.29, 1.82) is 0 Å². The number of nitrogens with zero attached hydrogens (tertiary/aromatic N) is 3. The van der Waals surface area contributed by atoms with Crippen LogP contribution >= 0.6 is 0 Å². The van der Waals surface area contributed by atoms with Crippen molar-refractivity contribution in [2.75, 3.05) is 13.2 Å². The lowest BCUT2D eigenvalue weighted by molar-refractivity contribution is -0.173. The van der Waals surface area contributed by atoms with Gasteiger partial charge in [0.05, 0.1) is 18.2 Å². The molecule has 1 aromatic heterocycles. The zero-order valence-corrected chi connectivity index (χ0v) is 11.9. The Morgan fingerprint density at radius 1 is 1.52 bits per heavy atom. The van der Waals surface area contributed by atoms with E-state index < -0.39 is 18.1 Å². The molecule has 0 radical (unpaired) electrons. The normalized spacial score (nSPS) is 26.1. The molecule has 0 aromatic carbocycles. The Balaban J connectivity index is 1.99. The molecule has 1 aromatic rings. The van der Waals surface area contributed by atoms with Gasteiger partial charge in [-0.25, -0.2) is 9.78 Å². The number of morpholine rings is 1. The minimum absolute atomic E-state index is 0.164. The van der Waals surface area contributed by atoms with Crippen LogP contribution in [0.1, 0.15) is 44.0 Å². The van der Waals surface area contributed by atoms with Gasteiger partial charge >= 0.3 is 5.97 Å². The number of carboxylic acid groups (broad SMARTS) is 1. The number of aromatic nitrogens is 2. The highest BCUT2D eigenvalue weighted by molar-refractivity contribution is 5.82. The number of rotatable bonds is 5. The zero-order chi connectivity index (χ0) is 15.0. The van der Waals surface area contributed by atoms with Gasteiger partial charge in [-0.2, -0.15) is 0 Å². The summed E-state index contributed by atoms with van der Waals surface area (Å²) in [6.45, 7) is 2.31.